The van der Waals surface area contributed by atoms with Crippen LogP contribution in [0.1, 0.15) is 5.69 Å². The van der Waals surface area contributed by atoms with E-state index in [2.05, 4.69) is 28.6 Å². The van der Waals surface area contributed by atoms with E-state index in [9.17, 15) is 0 Å². The maximum Gasteiger partial charge on any atom is 0.235 e. The molecule has 0 aliphatic carbocycles. The Labute approximate surface area is 85.4 Å². The maximum absolute atomic E-state index is 8.52. The minimum absolute atomic E-state index is 0.0271. The molecule has 68 valence electrons. The Bertz CT molecular complexity index is 454. The lowest BCUT2D eigenvalue weighted by atomic mass is 10.4. The van der Waals surface area contributed by atoms with Gasteiger partial charge in [0.15, 0.2) is 10.3 Å². The Kier molecular flexibility index (Phi) is 2.57. The van der Waals surface area contributed by atoms with E-state index in [0.717, 1.165) is 5.69 Å². The van der Waals surface area contributed by atoms with E-state index in [1.54, 1.807) is 0 Å². The van der Waals surface area contributed by atoms with Gasteiger partial charge in [-0.3, -0.25) is 0 Å². The highest BCUT2D eigenvalue weighted by Crippen LogP contribution is 2.29. The van der Waals surface area contributed by atoms with E-state index in [4.69, 9.17) is 5.26 Å². The van der Waals surface area contributed by atoms with Crippen molar-refractivity contribution in [3.05, 3.63) is 46.9 Å². The van der Waals surface area contributed by atoms with Crippen molar-refractivity contribution in [1.29, 1.82) is 5.26 Å². The van der Waals surface area contributed by atoms with Gasteiger partial charge in [0, 0.05) is 10.5 Å². The van der Waals surface area contributed by atoms with Crippen molar-refractivity contribution in [2.75, 3.05) is 0 Å². The summed E-state index contributed by atoms with van der Waals surface area (Å²) in [7, 11) is -0.0271. The summed E-state index contributed by atoms with van der Waals surface area (Å²) < 4.78 is 0. The number of thiazole rings is 1. The Morgan fingerprint density at radius 2 is 2.07 bits per heavy atom. The summed E-state index contributed by atoms with van der Waals surface area (Å²) in [6, 6.07) is 12.3. The smallest absolute Gasteiger partial charge is 0.203 e. The molecule has 1 heterocycles. The van der Waals surface area contributed by atoms with Crippen LogP contribution in [0.5, 0.6) is 0 Å². The first-order chi connectivity index (χ1) is 6.90. The first kappa shape index (κ1) is 8.92. The highest BCUT2D eigenvalue weighted by atomic mass is 32.2. The summed E-state index contributed by atoms with van der Waals surface area (Å²) in [5, 5.41) is 10.6. The molecule has 0 saturated heterocycles. The standard InChI is InChI=1S/C11H9N2S/c12-7-6-10-8-14(9-13-10)11-4-2-1-3-5-11/h1-5,8-9H,6H2/q+1. The van der Waals surface area contributed by atoms with Gasteiger partial charge in [-0.15, -0.1) is 0 Å². The van der Waals surface area contributed by atoms with Gasteiger partial charge in [0.1, 0.15) is 5.69 Å². The third kappa shape index (κ3) is 1.81. The maximum atomic E-state index is 8.52. The average Bonchev–Trinajstić information content (AvgIpc) is 2.68. The molecule has 0 bridgehead atoms. The van der Waals surface area contributed by atoms with Gasteiger partial charge in [0.05, 0.1) is 12.5 Å². The summed E-state index contributed by atoms with van der Waals surface area (Å²) >= 11 is 0. The van der Waals surface area contributed by atoms with Crippen LogP contribution in [0, 0.1) is 11.3 Å². The lowest BCUT2D eigenvalue weighted by Gasteiger charge is -1.84. The van der Waals surface area contributed by atoms with E-state index < -0.39 is 0 Å². The van der Waals surface area contributed by atoms with E-state index in [1.807, 2.05) is 23.7 Å². The van der Waals surface area contributed by atoms with Gasteiger partial charge < -0.3 is 0 Å². The normalized spacial score (nSPS) is 10.9. The lowest BCUT2D eigenvalue weighted by molar-refractivity contribution is 1.16. The zero-order valence-electron chi connectivity index (χ0n) is 7.55. The Balaban J connectivity index is 2.31. The molecule has 0 radical (unpaired) electrons. The van der Waals surface area contributed by atoms with E-state index in [1.165, 1.54) is 4.90 Å². The van der Waals surface area contributed by atoms with Crippen molar-refractivity contribution in [3.8, 4) is 11.0 Å². The van der Waals surface area contributed by atoms with Crippen LogP contribution < -0.4 is 0 Å². The number of rotatable bonds is 2. The second kappa shape index (κ2) is 4.03. The van der Waals surface area contributed by atoms with Crippen LogP contribution in [0.25, 0.3) is 4.90 Å². The third-order valence-electron chi connectivity index (χ3n) is 1.87. The largest absolute Gasteiger partial charge is 0.235 e. The molecule has 1 atom stereocenters. The van der Waals surface area contributed by atoms with Crippen molar-refractivity contribution >= 4 is 10.5 Å². The molecule has 0 amide bonds. The van der Waals surface area contributed by atoms with E-state index in [0.29, 0.717) is 6.42 Å². The number of benzene rings is 1. The predicted octanol–water partition coefficient (Wildman–Crippen LogP) is 2.89. The number of aromatic nitrogens is 1. The fourth-order valence-electron chi connectivity index (χ4n) is 1.21. The molecule has 0 fully saturated rings. The number of hydrogen-bond acceptors (Lipinski definition) is 2. The van der Waals surface area contributed by atoms with Gasteiger partial charge in [-0.2, -0.15) is 5.26 Å². The second-order valence-corrected chi connectivity index (χ2v) is 4.52. The molecule has 3 heteroatoms. The molecule has 2 nitrogen and oxygen atoms in total. The summed E-state index contributed by atoms with van der Waals surface area (Å²) in [4.78, 5) is 5.46. The van der Waals surface area contributed by atoms with Crippen molar-refractivity contribution in [1.82, 2.24) is 4.98 Å². The summed E-state index contributed by atoms with van der Waals surface area (Å²) in [6.45, 7) is 0. The van der Waals surface area contributed by atoms with E-state index >= 15 is 0 Å². The highest BCUT2D eigenvalue weighted by Gasteiger charge is 2.10. The molecule has 0 aliphatic heterocycles. The molecule has 1 unspecified atom stereocenters. The highest BCUT2D eigenvalue weighted by molar-refractivity contribution is 7.36. The number of nitriles is 1. The minimum atomic E-state index is -0.0271. The second-order valence-electron chi connectivity index (χ2n) is 2.86. The molecule has 0 spiro atoms. The quantitative estimate of drug-likeness (QED) is 0.700. The van der Waals surface area contributed by atoms with Gasteiger partial charge in [-0.1, -0.05) is 18.2 Å². The van der Waals surface area contributed by atoms with Gasteiger partial charge in [0.25, 0.3) is 0 Å². The van der Waals surface area contributed by atoms with Crippen molar-refractivity contribution in [3.63, 3.8) is 0 Å². The molecule has 1 aromatic carbocycles. The topological polar surface area (TPSA) is 36.7 Å². The van der Waals surface area contributed by atoms with Crippen LogP contribution in [0.3, 0.4) is 0 Å². The lowest BCUT2D eigenvalue weighted by Crippen LogP contribution is -1.76. The van der Waals surface area contributed by atoms with Gasteiger partial charge in [0.2, 0.25) is 5.51 Å². The zero-order chi connectivity index (χ0) is 9.80. The van der Waals surface area contributed by atoms with Crippen LogP contribution in [-0.4, -0.2) is 4.98 Å². The fourth-order valence-corrected chi connectivity index (χ4v) is 2.68. The summed E-state index contributed by atoms with van der Waals surface area (Å²) in [5.41, 5.74) is 2.81. The Morgan fingerprint density at radius 1 is 1.29 bits per heavy atom. The SMILES string of the molecule is N#CCc1c[s+](-c2ccccc2)cn1. The van der Waals surface area contributed by atoms with Crippen LogP contribution in [0.2, 0.25) is 0 Å². The average molecular weight is 201 g/mol. The molecule has 0 N–H and O–H groups in total. The zero-order valence-corrected chi connectivity index (χ0v) is 8.37. The Morgan fingerprint density at radius 3 is 2.79 bits per heavy atom. The third-order valence-corrected chi connectivity index (χ3v) is 3.55. The van der Waals surface area contributed by atoms with Gasteiger partial charge >= 0.3 is 0 Å². The molecule has 2 aromatic rings. The fraction of sp³-hybridized carbons (Fsp3) is 0.0909. The van der Waals surface area contributed by atoms with Gasteiger partial charge in [-0.05, 0) is 12.1 Å². The predicted molar refractivity (Wildman–Crippen MR) is 57.4 cm³/mol. The first-order valence-corrected chi connectivity index (χ1v) is 5.64. The molecule has 14 heavy (non-hydrogen) atoms. The van der Waals surface area contributed by atoms with Crippen LogP contribution in [0.15, 0.2) is 41.2 Å². The van der Waals surface area contributed by atoms with Crippen molar-refractivity contribution < 1.29 is 0 Å². The molecule has 0 aliphatic rings. The monoisotopic (exact) mass is 201 g/mol. The van der Waals surface area contributed by atoms with Crippen LogP contribution >= 0.6 is 10.5 Å². The van der Waals surface area contributed by atoms with Gasteiger partial charge in [-0.25, -0.2) is 4.98 Å². The molecular formula is C11H9N2S+. The van der Waals surface area contributed by atoms with Crippen LogP contribution in [0.4, 0.5) is 0 Å². The summed E-state index contributed by atoms with van der Waals surface area (Å²) in [6.07, 6.45) is 0.410. The molecule has 1 aromatic heterocycles. The minimum Gasteiger partial charge on any atom is -0.203 e. The molecule has 2 rings (SSSR count). The van der Waals surface area contributed by atoms with E-state index in [-0.39, 0.29) is 10.5 Å². The Hall–Kier alpha value is -1.66. The number of hydrogen-bond donors (Lipinski definition) is 0. The first-order valence-electron chi connectivity index (χ1n) is 4.29. The van der Waals surface area contributed by atoms with Crippen LogP contribution in [-0.2, 0) is 6.42 Å². The van der Waals surface area contributed by atoms with Crippen molar-refractivity contribution in [2.45, 2.75) is 6.42 Å². The number of nitrogens with zero attached hydrogens (tertiary/aromatic N) is 2. The summed E-state index contributed by atoms with van der Waals surface area (Å²) in [5.74, 6) is 0. The van der Waals surface area contributed by atoms with Crippen molar-refractivity contribution in [2.24, 2.45) is 0 Å². The molecule has 0 saturated carbocycles. The molecular weight excluding hydrogens is 192 g/mol.